The van der Waals surface area contributed by atoms with Crippen LogP contribution in [0.3, 0.4) is 0 Å². The van der Waals surface area contributed by atoms with Gasteiger partial charge in [0.15, 0.2) is 0 Å². The van der Waals surface area contributed by atoms with E-state index in [-0.39, 0.29) is 11.1 Å². The van der Waals surface area contributed by atoms with E-state index >= 15 is 0 Å². The quantitative estimate of drug-likeness (QED) is 0.634. The smallest absolute Gasteiger partial charge is 0.122 e. The molecule has 0 fully saturated rings. The summed E-state index contributed by atoms with van der Waals surface area (Å²) in [6, 6.07) is 7.90. The minimum atomic E-state index is 0.162. The molecule has 0 saturated carbocycles. The first-order valence-corrected chi connectivity index (χ1v) is 9.01. The van der Waals surface area contributed by atoms with Crippen LogP contribution >= 0.6 is 0 Å². The molecule has 0 radical (unpaired) electrons. The molecule has 0 bridgehead atoms. The Morgan fingerprint density at radius 2 is 1.17 bits per heavy atom. The molecule has 2 N–H and O–H groups in total. The van der Waals surface area contributed by atoms with E-state index < -0.39 is 0 Å². The molecular weight excluding hydrogens is 300 g/mol. The molecule has 0 saturated heterocycles. The number of ether oxygens (including phenoxy) is 2. The van der Waals surface area contributed by atoms with Crippen molar-refractivity contribution in [1.29, 1.82) is 0 Å². The van der Waals surface area contributed by atoms with E-state index in [4.69, 9.17) is 9.47 Å². The van der Waals surface area contributed by atoms with Gasteiger partial charge < -0.3 is 20.1 Å². The Hall–Kier alpha value is -1.26. The third-order valence-corrected chi connectivity index (χ3v) is 3.30. The van der Waals surface area contributed by atoms with Gasteiger partial charge in [0.25, 0.3) is 0 Å². The lowest BCUT2D eigenvalue weighted by atomic mass is 10.1. The van der Waals surface area contributed by atoms with Crippen LogP contribution in [0.4, 0.5) is 0 Å². The molecule has 1 rings (SSSR count). The standard InChI is InChI=1S/C20H36N2O2/c1-19(2,3)21-12-8-14-23-17-10-7-11-18(16-17)24-15-9-13-22-20(4,5)6/h7,10-11,16,21-22H,8-9,12-15H2,1-6H3. The highest BCUT2D eigenvalue weighted by atomic mass is 16.5. The second kappa shape index (κ2) is 9.90. The van der Waals surface area contributed by atoms with E-state index in [1.165, 1.54) is 0 Å². The SMILES string of the molecule is CC(C)(C)NCCCOc1cccc(OCCCNC(C)(C)C)c1. The average Bonchev–Trinajstić information content (AvgIpc) is 2.44. The topological polar surface area (TPSA) is 42.5 Å². The first-order valence-electron chi connectivity index (χ1n) is 9.01. The van der Waals surface area contributed by atoms with Crippen LogP contribution in [-0.2, 0) is 0 Å². The fourth-order valence-corrected chi connectivity index (χ4v) is 2.10. The molecule has 0 unspecified atom stereocenters. The molecule has 0 aromatic heterocycles. The molecule has 4 heteroatoms. The van der Waals surface area contributed by atoms with Crippen molar-refractivity contribution in [2.24, 2.45) is 0 Å². The zero-order valence-corrected chi connectivity index (χ0v) is 16.4. The lowest BCUT2D eigenvalue weighted by Crippen LogP contribution is -2.36. The second-order valence-electron chi connectivity index (χ2n) is 8.23. The van der Waals surface area contributed by atoms with E-state index in [0.29, 0.717) is 13.2 Å². The molecule has 0 atom stereocenters. The van der Waals surface area contributed by atoms with Crippen LogP contribution in [0.5, 0.6) is 11.5 Å². The van der Waals surface area contributed by atoms with Crippen LogP contribution in [0, 0.1) is 0 Å². The Labute approximate surface area is 148 Å². The maximum Gasteiger partial charge on any atom is 0.122 e. The van der Waals surface area contributed by atoms with Gasteiger partial charge in [0, 0.05) is 17.1 Å². The fourth-order valence-electron chi connectivity index (χ4n) is 2.10. The zero-order chi connectivity index (χ0) is 18.1. The molecule has 1 aromatic rings. The molecule has 24 heavy (non-hydrogen) atoms. The highest BCUT2D eigenvalue weighted by molar-refractivity contribution is 5.32. The average molecular weight is 337 g/mol. The Kier molecular flexibility index (Phi) is 8.57. The Bertz CT molecular complexity index is 422. The maximum atomic E-state index is 5.80. The summed E-state index contributed by atoms with van der Waals surface area (Å²) in [5.74, 6) is 1.74. The molecule has 0 aliphatic rings. The zero-order valence-electron chi connectivity index (χ0n) is 16.4. The molecular formula is C20H36N2O2. The molecule has 0 spiro atoms. The van der Waals surface area contributed by atoms with E-state index in [1.807, 2.05) is 24.3 Å². The van der Waals surface area contributed by atoms with E-state index in [9.17, 15) is 0 Å². The summed E-state index contributed by atoms with van der Waals surface area (Å²) in [7, 11) is 0. The largest absolute Gasteiger partial charge is 0.493 e. The summed E-state index contributed by atoms with van der Waals surface area (Å²) < 4.78 is 11.6. The summed E-state index contributed by atoms with van der Waals surface area (Å²) in [5, 5.41) is 6.92. The Morgan fingerprint density at radius 3 is 1.54 bits per heavy atom. The number of benzene rings is 1. The third kappa shape index (κ3) is 11.3. The highest BCUT2D eigenvalue weighted by Gasteiger charge is 2.08. The summed E-state index contributed by atoms with van der Waals surface area (Å²) >= 11 is 0. The second-order valence-corrected chi connectivity index (χ2v) is 8.23. The normalized spacial score (nSPS) is 12.2. The Balaban J connectivity index is 2.21. The van der Waals surface area contributed by atoms with Crippen molar-refractivity contribution in [2.45, 2.75) is 65.5 Å². The van der Waals surface area contributed by atoms with Crippen molar-refractivity contribution in [2.75, 3.05) is 26.3 Å². The molecule has 0 amide bonds. The van der Waals surface area contributed by atoms with E-state index in [0.717, 1.165) is 37.4 Å². The summed E-state index contributed by atoms with van der Waals surface area (Å²) in [4.78, 5) is 0. The fraction of sp³-hybridized carbons (Fsp3) is 0.700. The van der Waals surface area contributed by atoms with Crippen LogP contribution in [0.2, 0.25) is 0 Å². The molecule has 1 aromatic carbocycles. The van der Waals surface area contributed by atoms with E-state index in [2.05, 4.69) is 52.2 Å². The van der Waals surface area contributed by atoms with Crippen molar-refractivity contribution in [3.8, 4) is 11.5 Å². The van der Waals surface area contributed by atoms with Crippen LogP contribution in [0.15, 0.2) is 24.3 Å². The molecule has 4 nitrogen and oxygen atoms in total. The number of nitrogens with one attached hydrogen (secondary N) is 2. The van der Waals surface area contributed by atoms with E-state index in [1.54, 1.807) is 0 Å². The monoisotopic (exact) mass is 336 g/mol. The van der Waals surface area contributed by atoms with Crippen LogP contribution in [0.1, 0.15) is 54.4 Å². The number of rotatable bonds is 10. The summed E-state index contributed by atoms with van der Waals surface area (Å²) in [6.45, 7) is 16.4. The first kappa shape index (κ1) is 20.8. The van der Waals surface area contributed by atoms with Gasteiger partial charge in [-0.05, 0) is 79.6 Å². The van der Waals surface area contributed by atoms with Crippen molar-refractivity contribution in [1.82, 2.24) is 10.6 Å². The van der Waals surface area contributed by atoms with Gasteiger partial charge in [-0.1, -0.05) is 6.07 Å². The minimum Gasteiger partial charge on any atom is -0.493 e. The minimum absolute atomic E-state index is 0.162. The first-order chi connectivity index (χ1) is 11.2. The van der Waals surface area contributed by atoms with Gasteiger partial charge in [-0.25, -0.2) is 0 Å². The van der Waals surface area contributed by atoms with Crippen molar-refractivity contribution in [3.05, 3.63) is 24.3 Å². The lowest BCUT2D eigenvalue weighted by Gasteiger charge is -2.20. The maximum absolute atomic E-state index is 5.80. The van der Waals surface area contributed by atoms with Crippen molar-refractivity contribution < 1.29 is 9.47 Å². The van der Waals surface area contributed by atoms with Gasteiger partial charge >= 0.3 is 0 Å². The number of hydrogen-bond donors (Lipinski definition) is 2. The van der Waals surface area contributed by atoms with Crippen LogP contribution in [0.25, 0.3) is 0 Å². The predicted octanol–water partition coefficient (Wildman–Crippen LogP) is 4.00. The lowest BCUT2D eigenvalue weighted by molar-refractivity contribution is 0.285. The van der Waals surface area contributed by atoms with Crippen molar-refractivity contribution in [3.63, 3.8) is 0 Å². The summed E-state index contributed by atoms with van der Waals surface area (Å²) in [6.07, 6.45) is 1.97. The number of hydrogen-bond acceptors (Lipinski definition) is 4. The van der Waals surface area contributed by atoms with Gasteiger partial charge in [0.1, 0.15) is 11.5 Å². The molecule has 0 aliphatic heterocycles. The van der Waals surface area contributed by atoms with Gasteiger partial charge in [-0.15, -0.1) is 0 Å². The Morgan fingerprint density at radius 1 is 0.750 bits per heavy atom. The molecule has 0 aliphatic carbocycles. The van der Waals surface area contributed by atoms with Gasteiger partial charge in [-0.2, -0.15) is 0 Å². The van der Waals surface area contributed by atoms with Crippen LogP contribution in [-0.4, -0.2) is 37.4 Å². The molecule has 138 valence electrons. The third-order valence-electron chi connectivity index (χ3n) is 3.30. The van der Waals surface area contributed by atoms with Gasteiger partial charge in [0.2, 0.25) is 0 Å². The van der Waals surface area contributed by atoms with Crippen molar-refractivity contribution >= 4 is 0 Å². The molecule has 0 heterocycles. The van der Waals surface area contributed by atoms with Crippen LogP contribution < -0.4 is 20.1 Å². The summed E-state index contributed by atoms with van der Waals surface area (Å²) in [5.41, 5.74) is 0.325. The highest BCUT2D eigenvalue weighted by Crippen LogP contribution is 2.19. The van der Waals surface area contributed by atoms with Gasteiger partial charge in [0.05, 0.1) is 13.2 Å². The van der Waals surface area contributed by atoms with Gasteiger partial charge in [-0.3, -0.25) is 0 Å². The predicted molar refractivity (Wildman–Crippen MR) is 102 cm³/mol.